The van der Waals surface area contributed by atoms with Gasteiger partial charge in [0.2, 0.25) is 0 Å². The van der Waals surface area contributed by atoms with E-state index in [2.05, 4.69) is 6.92 Å². The highest BCUT2D eigenvalue weighted by Gasteiger charge is 2.38. The molecule has 0 aromatic heterocycles. The van der Waals surface area contributed by atoms with Crippen molar-refractivity contribution in [3.05, 3.63) is 35.1 Å². The van der Waals surface area contributed by atoms with E-state index in [9.17, 15) is 13.2 Å². The van der Waals surface area contributed by atoms with E-state index in [0.29, 0.717) is 25.7 Å². The summed E-state index contributed by atoms with van der Waals surface area (Å²) in [5.41, 5.74) is 0.113. The number of rotatable bonds is 13. The molecule has 0 saturated carbocycles. The standard InChI is InChI=1S/C21H33F3O2/c1-5-8-9-10-11-12-13-17(21(4,25-6-2)26-7-3)16-14-19(23)20(24)15-18(16)22/h14-15,17H,5-13H2,1-4H3. The van der Waals surface area contributed by atoms with Gasteiger partial charge in [0.1, 0.15) is 5.82 Å². The van der Waals surface area contributed by atoms with Crippen molar-refractivity contribution in [2.75, 3.05) is 13.2 Å². The van der Waals surface area contributed by atoms with Crippen molar-refractivity contribution in [2.24, 2.45) is 0 Å². The molecule has 1 unspecified atom stereocenters. The second-order valence-corrected chi connectivity index (χ2v) is 6.78. The molecule has 1 rings (SSSR count). The van der Waals surface area contributed by atoms with Gasteiger partial charge in [-0.3, -0.25) is 0 Å². The Morgan fingerprint density at radius 3 is 1.92 bits per heavy atom. The summed E-state index contributed by atoms with van der Waals surface area (Å²) in [6.45, 7) is 8.35. The second-order valence-electron chi connectivity index (χ2n) is 6.78. The SMILES string of the molecule is CCCCCCCCC(c1cc(F)c(F)cc1F)C(C)(OCC)OCC. The van der Waals surface area contributed by atoms with E-state index in [1.165, 1.54) is 19.3 Å². The molecule has 0 N–H and O–H groups in total. The first-order valence-electron chi connectivity index (χ1n) is 9.81. The summed E-state index contributed by atoms with van der Waals surface area (Å²) in [5, 5.41) is 0. The third kappa shape index (κ3) is 6.58. The van der Waals surface area contributed by atoms with Crippen molar-refractivity contribution in [2.45, 2.75) is 84.3 Å². The third-order valence-electron chi connectivity index (χ3n) is 4.76. The van der Waals surface area contributed by atoms with Gasteiger partial charge in [-0.25, -0.2) is 13.2 Å². The lowest BCUT2D eigenvalue weighted by molar-refractivity contribution is -0.236. The molecule has 1 aromatic rings. The summed E-state index contributed by atoms with van der Waals surface area (Å²) in [6, 6.07) is 1.56. The predicted molar refractivity (Wildman–Crippen MR) is 98.7 cm³/mol. The van der Waals surface area contributed by atoms with Crippen LogP contribution in [-0.2, 0) is 9.47 Å². The zero-order valence-corrected chi connectivity index (χ0v) is 16.5. The topological polar surface area (TPSA) is 18.5 Å². The smallest absolute Gasteiger partial charge is 0.172 e. The van der Waals surface area contributed by atoms with Gasteiger partial charge in [0.25, 0.3) is 0 Å². The average Bonchev–Trinajstić information content (AvgIpc) is 2.58. The minimum Gasteiger partial charge on any atom is -0.350 e. The largest absolute Gasteiger partial charge is 0.350 e. The Morgan fingerprint density at radius 1 is 0.808 bits per heavy atom. The zero-order valence-electron chi connectivity index (χ0n) is 16.5. The predicted octanol–water partition coefficient (Wildman–Crippen LogP) is 6.73. The molecule has 0 aliphatic heterocycles. The molecule has 2 nitrogen and oxygen atoms in total. The van der Waals surface area contributed by atoms with E-state index in [1.54, 1.807) is 6.92 Å². The minimum atomic E-state index is -1.18. The summed E-state index contributed by atoms with van der Waals surface area (Å²) in [5.74, 6) is -4.59. The van der Waals surface area contributed by atoms with E-state index in [0.717, 1.165) is 25.3 Å². The van der Waals surface area contributed by atoms with E-state index >= 15 is 0 Å². The lowest BCUT2D eigenvalue weighted by Gasteiger charge is -2.37. The Hall–Kier alpha value is -1.07. The Bertz CT molecular complexity index is 528. The van der Waals surface area contributed by atoms with Gasteiger partial charge in [0.05, 0.1) is 0 Å². The molecule has 0 heterocycles. The number of ether oxygens (including phenoxy) is 2. The van der Waals surface area contributed by atoms with Crippen molar-refractivity contribution < 1.29 is 22.6 Å². The molecule has 0 aliphatic carbocycles. The molecule has 0 bridgehead atoms. The highest BCUT2D eigenvalue weighted by atomic mass is 19.2. The van der Waals surface area contributed by atoms with Crippen LogP contribution < -0.4 is 0 Å². The van der Waals surface area contributed by atoms with Gasteiger partial charge in [-0.05, 0) is 38.8 Å². The summed E-state index contributed by atoms with van der Waals surface area (Å²) in [7, 11) is 0. The number of hydrogen-bond donors (Lipinski definition) is 0. The monoisotopic (exact) mass is 374 g/mol. The first-order chi connectivity index (χ1) is 12.4. The maximum Gasteiger partial charge on any atom is 0.172 e. The van der Waals surface area contributed by atoms with Gasteiger partial charge >= 0.3 is 0 Å². The molecule has 0 radical (unpaired) electrons. The molecule has 5 heteroatoms. The molecule has 150 valence electrons. The lowest BCUT2D eigenvalue weighted by Crippen LogP contribution is -2.40. The molecular weight excluding hydrogens is 341 g/mol. The van der Waals surface area contributed by atoms with Crippen LogP contribution in [-0.4, -0.2) is 19.0 Å². The Kier molecular flexibility index (Phi) is 10.3. The van der Waals surface area contributed by atoms with Gasteiger partial charge in [0.15, 0.2) is 17.4 Å². The van der Waals surface area contributed by atoms with Crippen molar-refractivity contribution in [3.63, 3.8) is 0 Å². The fourth-order valence-corrected chi connectivity index (χ4v) is 3.45. The molecule has 0 aliphatic rings. The summed E-state index contributed by atoms with van der Waals surface area (Å²) >= 11 is 0. The van der Waals surface area contributed by atoms with Crippen LogP contribution in [0.3, 0.4) is 0 Å². The fourth-order valence-electron chi connectivity index (χ4n) is 3.45. The molecular formula is C21H33F3O2. The highest BCUT2D eigenvalue weighted by Crippen LogP contribution is 2.39. The van der Waals surface area contributed by atoms with Gasteiger partial charge in [-0.15, -0.1) is 0 Å². The highest BCUT2D eigenvalue weighted by molar-refractivity contribution is 5.26. The van der Waals surface area contributed by atoms with E-state index in [1.807, 2.05) is 13.8 Å². The molecule has 1 atom stereocenters. The van der Waals surface area contributed by atoms with Crippen LogP contribution in [0.15, 0.2) is 12.1 Å². The molecule has 1 aromatic carbocycles. The second kappa shape index (κ2) is 11.6. The molecule has 26 heavy (non-hydrogen) atoms. The van der Waals surface area contributed by atoms with Crippen LogP contribution in [0.2, 0.25) is 0 Å². The van der Waals surface area contributed by atoms with E-state index < -0.39 is 29.2 Å². The minimum absolute atomic E-state index is 0.113. The van der Waals surface area contributed by atoms with Crippen LogP contribution >= 0.6 is 0 Å². The molecule has 0 fully saturated rings. The van der Waals surface area contributed by atoms with Crippen LogP contribution in [0.5, 0.6) is 0 Å². The lowest BCUT2D eigenvalue weighted by atomic mass is 9.85. The summed E-state index contributed by atoms with van der Waals surface area (Å²) in [6.07, 6.45) is 7.12. The van der Waals surface area contributed by atoms with Gasteiger partial charge in [-0.2, -0.15) is 0 Å². The van der Waals surface area contributed by atoms with Crippen LogP contribution in [0, 0.1) is 17.5 Å². The maximum atomic E-state index is 14.4. The number of unbranched alkanes of at least 4 members (excludes halogenated alkanes) is 5. The molecule has 0 amide bonds. The first kappa shape index (κ1) is 23.0. The fraction of sp³-hybridized carbons (Fsp3) is 0.714. The molecule has 0 saturated heterocycles. The van der Waals surface area contributed by atoms with Crippen molar-refractivity contribution in [1.29, 1.82) is 0 Å². The summed E-state index contributed by atoms with van der Waals surface area (Å²) < 4.78 is 53.2. The van der Waals surface area contributed by atoms with E-state index in [4.69, 9.17) is 9.47 Å². The van der Waals surface area contributed by atoms with Crippen LogP contribution in [0.1, 0.15) is 84.1 Å². The Balaban J connectivity index is 3.03. The van der Waals surface area contributed by atoms with E-state index in [-0.39, 0.29) is 5.56 Å². The Morgan fingerprint density at radius 2 is 1.35 bits per heavy atom. The van der Waals surface area contributed by atoms with Gasteiger partial charge < -0.3 is 9.47 Å². The van der Waals surface area contributed by atoms with Crippen LogP contribution in [0.25, 0.3) is 0 Å². The number of halogens is 3. The van der Waals surface area contributed by atoms with Gasteiger partial charge in [0, 0.05) is 25.2 Å². The maximum absolute atomic E-state index is 14.4. The Labute approximate surface area is 156 Å². The quantitative estimate of drug-likeness (QED) is 0.217. The van der Waals surface area contributed by atoms with Gasteiger partial charge in [-0.1, -0.05) is 45.4 Å². The number of benzene rings is 1. The number of hydrogen-bond acceptors (Lipinski definition) is 2. The first-order valence-corrected chi connectivity index (χ1v) is 9.81. The van der Waals surface area contributed by atoms with Crippen molar-refractivity contribution in [1.82, 2.24) is 0 Å². The third-order valence-corrected chi connectivity index (χ3v) is 4.76. The normalized spacial score (nSPS) is 13.2. The summed E-state index contributed by atoms with van der Waals surface area (Å²) in [4.78, 5) is 0. The van der Waals surface area contributed by atoms with Crippen molar-refractivity contribution >= 4 is 0 Å². The zero-order chi connectivity index (χ0) is 19.6. The van der Waals surface area contributed by atoms with Crippen molar-refractivity contribution in [3.8, 4) is 0 Å². The average molecular weight is 374 g/mol. The molecule has 0 spiro atoms. The van der Waals surface area contributed by atoms with Crippen LogP contribution in [0.4, 0.5) is 13.2 Å².